The second-order valence-corrected chi connectivity index (χ2v) is 5.33. The van der Waals surface area contributed by atoms with Crippen LogP contribution in [0.15, 0.2) is 71.0 Å². The van der Waals surface area contributed by atoms with Crippen LogP contribution in [0.2, 0.25) is 0 Å². The molecule has 0 atom stereocenters. The fourth-order valence-corrected chi connectivity index (χ4v) is 2.09. The Hall–Kier alpha value is -3.48. The number of amides is 1. The SMILES string of the molecule is C=C(Cc1ccccc1)C(=O)NN=Nc1ccc(C(=O)OCC)c(O)c1. The predicted octanol–water partition coefficient (Wildman–Crippen LogP) is 3.48. The maximum atomic E-state index is 11.9. The van der Waals surface area contributed by atoms with Crippen molar-refractivity contribution in [1.29, 1.82) is 0 Å². The van der Waals surface area contributed by atoms with Gasteiger partial charge in [-0.1, -0.05) is 42.1 Å². The third-order valence-electron chi connectivity index (χ3n) is 3.38. The van der Waals surface area contributed by atoms with Gasteiger partial charge in [0.25, 0.3) is 5.91 Å². The van der Waals surface area contributed by atoms with Crippen LogP contribution in [0.25, 0.3) is 0 Å². The van der Waals surface area contributed by atoms with Gasteiger partial charge in [-0.15, -0.1) is 5.11 Å². The molecule has 2 aromatic carbocycles. The molecule has 134 valence electrons. The van der Waals surface area contributed by atoms with Crippen LogP contribution >= 0.6 is 0 Å². The fourth-order valence-electron chi connectivity index (χ4n) is 2.09. The van der Waals surface area contributed by atoms with Gasteiger partial charge in [0.15, 0.2) is 0 Å². The Balaban J connectivity index is 1.93. The van der Waals surface area contributed by atoms with Crippen molar-refractivity contribution in [2.45, 2.75) is 13.3 Å². The summed E-state index contributed by atoms with van der Waals surface area (Å²) in [4.78, 5) is 23.5. The lowest BCUT2D eigenvalue weighted by Crippen LogP contribution is -2.19. The second-order valence-electron chi connectivity index (χ2n) is 5.33. The summed E-state index contributed by atoms with van der Waals surface area (Å²) in [6.07, 6.45) is 0.400. The molecule has 0 aliphatic heterocycles. The van der Waals surface area contributed by atoms with E-state index in [2.05, 4.69) is 22.3 Å². The standard InChI is InChI=1S/C19H19N3O4/c1-3-26-19(25)16-10-9-15(12-17(16)23)20-22-21-18(24)13(2)11-14-7-5-4-6-8-14/h4-10,12,23H,2-3,11H2,1H3,(H,20,21,24). The number of ether oxygens (including phenoxy) is 1. The van der Waals surface area contributed by atoms with Crippen LogP contribution in [0.1, 0.15) is 22.8 Å². The van der Waals surface area contributed by atoms with E-state index in [1.165, 1.54) is 18.2 Å². The Morgan fingerprint density at radius 1 is 1.19 bits per heavy atom. The summed E-state index contributed by atoms with van der Waals surface area (Å²) in [5, 5.41) is 17.2. The first-order valence-corrected chi connectivity index (χ1v) is 7.94. The first-order valence-electron chi connectivity index (χ1n) is 7.94. The number of esters is 1. The van der Waals surface area contributed by atoms with Gasteiger partial charge in [-0.25, -0.2) is 10.2 Å². The summed E-state index contributed by atoms with van der Waals surface area (Å²) in [6.45, 7) is 5.61. The van der Waals surface area contributed by atoms with Crippen LogP contribution in [-0.2, 0) is 16.0 Å². The normalized spacial score (nSPS) is 10.5. The molecular weight excluding hydrogens is 334 g/mol. The van der Waals surface area contributed by atoms with Gasteiger partial charge in [-0.2, -0.15) is 0 Å². The molecule has 2 N–H and O–H groups in total. The zero-order valence-corrected chi connectivity index (χ0v) is 14.3. The summed E-state index contributed by atoms with van der Waals surface area (Å²) < 4.78 is 4.82. The third kappa shape index (κ3) is 5.27. The van der Waals surface area contributed by atoms with Crippen LogP contribution < -0.4 is 5.43 Å². The van der Waals surface area contributed by atoms with Gasteiger partial charge in [0.2, 0.25) is 0 Å². The van der Waals surface area contributed by atoms with E-state index >= 15 is 0 Å². The highest BCUT2D eigenvalue weighted by atomic mass is 16.5. The van der Waals surface area contributed by atoms with Crippen molar-refractivity contribution in [2.75, 3.05) is 6.61 Å². The Morgan fingerprint density at radius 3 is 2.58 bits per heavy atom. The number of aromatic hydroxyl groups is 1. The minimum Gasteiger partial charge on any atom is -0.507 e. The Bertz CT molecular complexity index is 832. The summed E-state index contributed by atoms with van der Waals surface area (Å²) >= 11 is 0. The molecule has 0 aliphatic rings. The molecule has 2 rings (SSSR count). The Morgan fingerprint density at radius 2 is 1.92 bits per heavy atom. The summed E-state index contributed by atoms with van der Waals surface area (Å²) in [7, 11) is 0. The van der Waals surface area contributed by atoms with Crippen LogP contribution in [0.5, 0.6) is 5.75 Å². The minimum absolute atomic E-state index is 0.0334. The number of rotatable bonds is 7. The Labute approximate surface area is 151 Å². The van der Waals surface area contributed by atoms with Crippen LogP contribution in [0, 0.1) is 0 Å². The van der Waals surface area contributed by atoms with Crippen LogP contribution in [0.4, 0.5) is 5.69 Å². The number of benzene rings is 2. The number of carbonyl (C=O) groups is 2. The minimum atomic E-state index is -0.626. The molecule has 0 saturated heterocycles. The highest BCUT2D eigenvalue weighted by Gasteiger charge is 2.12. The van der Waals surface area contributed by atoms with Gasteiger partial charge < -0.3 is 9.84 Å². The van der Waals surface area contributed by atoms with Crippen molar-refractivity contribution < 1.29 is 19.4 Å². The van der Waals surface area contributed by atoms with Crippen molar-refractivity contribution in [3.8, 4) is 5.75 Å². The number of nitrogens with zero attached hydrogens (tertiary/aromatic N) is 2. The largest absolute Gasteiger partial charge is 0.507 e. The number of phenols is 1. The first-order chi connectivity index (χ1) is 12.5. The molecule has 7 heteroatoms. The van der Waals surface area contributed by atoms with E-state index in [1.807, 2.05) is 30.3 Å². The van der Waals surface area contributed by atoms with E-state index in [1.54, 1.807) is 6.92 Å². The molecule has 1 amide bonds. The average molecular weight is 353 g/mol. The van der Waals surface area contributed by atoms with Crippen LogP contribution in [-0.4, -0.2) is 23.6 Å². The van der Waals surface area contributed by atoms with Gasteiger partial charge in [-0.3, -0.25) is 4.79 Å². The number of carbonyl (C=O) groups excluding carboxylic acids is 2. The first kappa shape index (κ1) is 18.9. The highest BCUT2D eigenvalue weighted by molar-refractivity contribution is 5.93. The molecule has 0 fully saturated rings. The maximum absolute atomic E-state index is 11.9. The molecule has 0 spiro atoms. The molecule has 0 bridgehead atoms. The third-order valence-corrected chi connectivity index (χ3v) is 3.38. The van der Waals surface area contributed by atoms with E-state index in [-0.39, 0.29) is 23.6 Å². The predicted molar refractivity (Wildman–Crippen MR) is 96.0 cm³/mol. The lowest BCUT2D eigenvalue weighted by atomic mass is 10.1. The molecule has 7 nitrogen and oxygen atoms in total. The molecular formula is C19H19N3O4. The maximum Gasteiger partial charge on any atom is 0.341 e. The monoisotopic (exact) mass is 353 g/mol. The van der Waals surface area contributed by atoms with E-state index in [9.17, 15) is 14.7 Å². The topological polar surface area (TPSA) is 100 Å². The zero-order valence-electron chi connectivity index (χ0n) is 14.3. The van der Waals surface area contributed by atoms with Gasteiger partial charge in [0.1, 0.15) is 11.3 Å². The molecule has 0 saturated carbocycles. The van der Waals surface area contributed by atoms with E-state index in [4.69, 9.17) is 4.74 Å². The lowest BCUT2D eigenvalue weighted by molar-refractivity contribution is -0.117. The molecule has 0 unspecified atom stereocenters. The molecule has 0 heterocycles. The Kier molecular flexibility index (Phi) is 6.61. The van der Waals surface area contributed by atoms with E-state index < -0.39 is 11.9 Å². The molecule has 2 aromatic rings. The van der Waals surface area contributed by atoms with Gasteiger partial charge in [0, 0.05) is 18.1 Å². The summed E-state index contributed by atoms with van der Waals surface area (Å²) in [5.74, 6) is -1.36. The number of hydrogen-bond donors (Lipinski definition) is 2. The molecule has 26 heavy (non-hydrogen) atoms. The smallest absolute Gasteiger partial charge is 0.341 e. The van der Waals surface area contributed by atoms with Gasteiger partial charge in [-0.05, 0) is 24.6 Å². The van der Waals surface area contributed by atoms with E-state index in [0.717, 1.165) is 5.56 Å². The molecule has 0 radical (unpaired) electrons. The zero-order chi connectivity index (χ0) is 18.9. The fraction of sp³-hybridized carbons (Fsp3) is 0.158. The van der Waals surface area contributed by atoms with Gasteiger partial charge >= 0.3 is 5.97 Å². The van der Waals surface area contributed by atoms with Crippen molar-refractivity contribution in [1.82, 2.24) is 5.43 Å². The van der Waals surface area contributed by atoms with Crippen molar-refractivity contribution in [2.24, 2.45) is 10.3 Å². The van der Waals surface area contributed by atoms with Gasteiger partial charge in [0.05, 0.1) is 12.3 Å². The van der Waals surface area contributed by atoms with E-state index in [0.29, 0.717) is 12.0 Å². The summed E-state index contributed by atoms with van der Waals surface area (Å²) in [6, 6.07) is 13.5. The number of nitrogens with one attached hydrogen (secondary N) is 1. The van der Waals surface area contributed by atoms with Crippen LogP contribution in [0.3, 0.4) is 0 Å². The van der Waals surface area contributed by atoms with Crippen molar-refractivity contribution >= 4 is 17.6 Å². The molecule has 0 aromatic heterocycles. The summed E-state index contributed by atoms with van der Waals surface area (Å²) in [5.41, 5.74) is 3.88. The average Bonchev–Trinajstić information content (AvgIpc) is 2.62. The van der Waals surface area contributed by atoms with Crippen molar-refractivity contribution in [3.05, 3.63) is 71.8 Å². The quantitative estimate of drug-likeness (QED) is 0.344. The van der Waals surface area contributed by atoms with Crippen molar-refractivity contribution in [3.63, 3.8) is 0 Å². The number of hydrogen-bond acceptors (Lipinski definition) is 6. The molecule has 0 aliphatic carbocycles. The second kappa shape index (κ2) is 9.12. The lowest BCUT2D eigenvalue weighted by Gasteiger charge is -2.05. The highest BCUT2D eigenvalue weighted by Crippen LogP contribution is 2.24. The number of phenolic OH excluding ortho intramolecular Hbond substituents is 1.